The van der Waals surface area contributed by atoms with Crippen LogP contribution in [0.5, 0.6) is 0 Å². The molecular formula is C12H14F2N2O3. The lowest BCUT2D eigenvalue weighted by Crippen LogP contribution is -2.30. The zero-order chi connectivity index (χ0) is 14.3. The summed E-state index contributed by atoms with van der Waals surface area (Å²) in [5.41, 5.74) is -0.170. The maximum atomic E-state index is 13.2. The van der Waals surface area contributed by atoms with Crippen LogP contribution in [0.4, 0.5) is 14.5 Å². The summed E-state index contributed by atoms with van der Waals surface area (Å²) in [5.74, 6) is -2.82. The number of ether oxygens (including phenoxy) is 1. The second-order valence-corrected chi connectivity index (χ2v) is 3.69. The van der Waals surface area contributed by atoms with Crippen LogP contribution in [0, 0.1) is 11.6 Å². The molecule has 104 valence electrons. The first-order valence-corrected chi connectivity index (χ1v) is 5.53. The number of hydrogen-bond acceptors (Lipinski definition) is 3. The molecule has 0 bridgehead atoms. The molecule has 2 amide bonds. The van der Waals surface area contributed by atoms with Crippen molar-refractivity contribution in [2.45, 2.75) is 6.42 Å². The van der Waals surface area contributed by atoms with Crippen LogP contribution in [0.15, 0.2) is 18.2 Å². The van der Waals surface area contributed by atoms with Crippen LogP contribution >= 0.6 is 0 Å². The number of carbonyl (C=O) groups excluding carboxylic acids is 2. The fourth-order valence-electron chi connectivity index (χ4n) is 1.29. The summed E-state index contributed by atoms with van der Waals surface area (Å²) in [5, 5.41) is 4.63. The summed E-state index contributed by atoms with van der Waals surface area (Å²) in [6.45, 7) is 0.619. The molecule has 0 aromatic heterocycles. The molecule has 0 unspecified atom stereocenters. The van der Waals surface area contributed by atoms with Crippen molar-refractivity contribution in [3.05, 3.63) is 29.8 Å². The van der Waals surface area contributed by atoms with E-state index >= 15 is 0 Å². The number of anilines is 1. The number of benzene rings is 1. The van der Waals surface area contributed by atoms with E-state index in [-0.39, 0.29) is 12.2 Å². The molecule has 0 aliphatic carbocycles. The Hall–Kier alpha value is -2.02. The van der Waals surface area contributed by atoms with Gasteiger partial charge in [-0.25, -0.2) is 8.78 Å². The van der Waals surface area contributed by atoms with Gasteiger partial charge in [-0.05, 0) is 12.1 Å². The molecule has 1 aromatic carbocycles. The largest absolute Gasteiger partial charge is 0.383 e. The maximum absolute atomic E-state index is 13.2. The summed E-state index contributed by atoms with van der Waals surface area (Å²) in [6.07, 6.45) is -0.444. The van der Waals surface area contributed by atoms with Gasteiger partial charge in [0, 0.05) is 19.7 Å². The van der Waals surface area contributed by atoms with Gasteiger partial charge in [-0.2, -0.15) is 0 Å². The van der Waals surface area contributed by atoms with E-state index in [1.807, 2.05) is 0 Å². The van der Waals surface area contributed by atoms with Crippen LogP contribution in [0.1, 0.15) is 6.42 Å². The Morgan fingerprint density at radius 2 is 2.00 bits per heavy atom. The Bertz CT molecular complexity index is 466. The van der Waals surface area contributed by atoms with Crippen molar-refractivity contribution in [1.29, 1.82) is 0 Å². The molecule has 0 aliphatic heterocycles. The Kier molecular flexibility index (Phi) is 5.87. The lowest BCUT2D eigenvalue weighted by atomic mass is 10.2. The Balaban J connectivity index is 2.44. The van der Waals surface area contributed by atoms with Gasteiger partial charge >= 0.3 is 0 Å². The fraction of sp³-hybridized carbons (Fsp3) is 0.333. The summed E-state index contributed by atoms with van der Waals surface area (Å²) >= 11 is 0. The summed E-state index contributed by atoms with van der Waals surface area (Å²) < 4.78 is 30.6. The number of methoxy groups -OCH3 is 1. The monoisotopic (exact) mass is 272 g/mol. The van der Waals surface area contributed by atoms with Gasteiger partial charge in [0.2, 0.25) is 11.8 Å². The molecule has 0 heterocycles. The van der Waals surface area contributed by atoms with Crippen LogP contribution in [-0.2, 0) is 14.3 Å². The highest BCUT2D eigenvalue weighted by atomic mass is 19.1. The van der Waals surface area contributed by atoms with Crippen molar-refractivity contribution >= 4 is 17.5 Å². The zero-order valence-electron chi connectivity index (χ0n) is 10.3. The number of hydrogen-bond donors (Lipinski definition) is 2. The third kappa shape index (κ3) is 5.43. The fourth-order valence-corrected chi connectivity index (χ4v) is 1.29. The van der Waals surface area contributed by atoms with Crippen molar-refractivity contribution in [1.82, 2.24) is 5.32 Å². The molecule has 7 heteroatoms. The van der Waals surface area contributed by atoms with E-state index in [9.17, 15) is 18.4 Å². The molecule has 0 atom stereocenters. The Morgan fingerprint density at radius 3 is 2.63 bits per heavy atom. The lowest BCUT2D eigenvalue weighted by Gasteiger charge is -2.07. The molecule has 0 fully saturated rings. The van der Waals surface area contributed by atoms with Crippen molar-refractivity contribution in [3.63, 3.8) is 0 Å². The van der Waals surface area contributed by atoms with Crippen molar-refractivity contribution in [2.75, 3.05) is 25.6 Å². The van der Waals surface area contributed by atoms with Gasteiger partial charge in [-0.1, -0.05) is 0 Å². The van der Waals surface area contributed by atoms with E-state index in [1.165, 1.54) is 7.11 Å². The first-order valence-electron chi connectivity index (χ1n) is 5.53. The standard InChI is InChI=1S/C12H14F2N2O3/c1-19-5-4-15-11(17)7-12(18)16-10-3-2-8(13)6-9(10)14/h2-3,6H,4-5,7H2,1H3,(H,15,17)(H,16,18). The van der Waals surface area contributed by atoms with Crippen molar-refractivity contribution in [2.24, 2.45) is 0 Å². The molecule has 5 nitrogen and oxygen atoms in total. The third-order valence-electron chi connectivity index (χ3n) is 2.15. The van der Waals surface area contributed by atoms with Gasteiger partial charge in [-0.3, -0.25) is 9.59 Å². The van der Waals surface area contributed by atoms with Crippen LogP contribution in [0.25, 0.3) is 0 Å². The predicted octanol–water partition coefficient (Wildman–Crippen LogP) is 1.06. The molecule has 1 rings (SSSR count). The topological polar surface area (TPSA) is 67.4 Å². The average Bonchev–Trinajstić information content (AvgIpc) is 2.33. The van der Waals surface area contributed by atoms with E-state index in [0.29, 0.717) is 12.7 Å². The average molecular weight is 272 g/mol. The second-order valence-electron chi connectivity index (χ2n) is 3.69. The third-order valence-corrected chi connectivity index (χ3v) is 2.15. The number of carbonyl (C=O) groups is 2. The lowest BCUT2D eigenvalue weighted by molar-refractivity contribution is -0.126. The number of amides is 2. The van der Waals surface area contributed by atoms with Crippen LogP contribution < -0.4 is 10.6 Å². The SMILES string of the molecule is COCCNC(=O)CC(=O)Nc1ccc(F)cc1F. The number of rotatable bonds is 6. The van der Waals surface area contributed by atoms with E-state index < -0.39 is 29.9 Å². The van der Waals surface area contributed by atoms with Crippen LogP contribution in [-0.4, -0.2) is 32.1 Å². The van der Waals surface area contributed by atoms with Crippen molar-refractivity contribution < 1.29 is 23.1 Å². The molecule has 0 aliphatic rings. The predicted molar refractivity (Wildman–Crippen MR) is 64.5 cm³/mol. The smallest absolute Gasteiger partial charge is 0.233 e. The molecule has 0 radical (unpaired) electrons. The summed E-state index contributed by atoms with van der Waals surface area (Å²) in [7, 11) is 1.48. The minimum absolute atomic E-state index is 0.170. The van der Waals surface area contributed by atoms with Gasteiger partial charge in [-0.15, -0.1) is 0 Å². The Labute approximate surface area is 108 Å². The van der Waals surface area contributed by atoms with Crippen LogP contribution in [0.3, 0.4) is 0 Å². The van der Waals surface area contributed by atoms with Crippen molar-refractivity contribution in [3.8, 4) is 0 Å². The van der Waals surface area contributed by atoms with Gasteiger partial charge in [0.25, 0.3) is 0 Å². The van der Waals surface area contributed by atoms with Gasteiger partial charge in [0.05, 0.1) is 12.3 Å². The zero-order valence-corrected chi connectivity index (χ0v) is 10.3. The molecular weight excluding hydrogens is 258 g/mol. The Morgan fingerprint density at radius 1 is 1.26 bits per heavy atom. The molecule has 0 saturated carbocycles. The minimum Gasteiger partial charge on any atom is -0.383 e. The molecule has 0 spiro atoms. The summed E-state index contributed by atoms with van der Waals surface area (Å²) in [6, 6.07) is 2.75. The van der Waals surface area contributed by atoms with E-state index in [0.717, 1.165) is 12.1 Å². The first kappa shape index (κ1) is 15.0. The second kappa shape index (κ2) is 7.42. The number of halogens is 2. The maximum Gasteiger partial charge on any atom is 0.233 e. The molecule has 19 heavy (non-hydrogen) atoms. The highest BCUT2D eigenvalue weighted by Crippen LogP contribution is 2.14. The van der Waals surface area contributed by atoms with E-state index in [2.05, 4.69) is 10.6 Å². The van der Waals surface area contributed by atoms with Gasteiger partial charge in [0.1, 0.15) is 18.1 Å². The normalized spacial score (nSPS) is 10.1. The number of nitrogens with one attached hydrogen (secondary N) is 2. The molecule has 2 N–H and O–H groups in total. The first-order chi connectivity index (χ1) is 9.02. The van der Waals surface area contributed by atoms with Crippen LogP contribution in [0.2, 0.25) is 0 Å². The van der Waals surface area contributed by atoms with Gasteiger partial charge in [0.15, 0.2) is 0 Å². The molecule has 1 aromatic rings. The molecule has 0 saturated heterocycles. The van der Waals surface area contributed by atoms with E-state index in [4.69, 9.17) is 4.74 Å². The van der Waals surface area contributed by atoms with E-state index in [1.54, 1.807) is 0 Å². The highest BCUT2D eigenvalue weighted by Gasteiger charge is 2.11. The summed E-state index contributed by atoms with van der Waals surface area (Å²) in [4.78, 5) is 22.7. The van der Waals surface area contributed by atoms with Gasteiger partial charge < -0.3 is 15.4 Å². The minimum atomic E-state index is -0.895. The highest BCUT2D eigenvalue weighted by molar-refractivity contribution is 6.03. The quantitative estimate of drug-likeness (QED) is 0.601.